The molecular weight excluding hydrogens is 226 g/mol. The lowest BCUT2D eigenvalue weighted by Crippen LogP contribution is -2.15. The van der Waals surface area contributed by atoms with E-state index in [1.165, 1.54) is 0 Å². The summed E-state index contributed by atoms with van der Waals surface area (Å²) in [6.07, 6.45) is 0. The van der Waals surface area contributed by atoms with Crippen LogP contribution in [0.2, 0.25) is 0 Å². The lowest BCUT2D eigenvalue weighted by molar-refractivity contribution is 0.396. The Bertz CT molecular complexity index is 565. The number of pyridine rings is 1. The molecule has 4 heteroatoms. The highest BCUT2D eigenvalue weighted by atomic mass is 16.5. The monoisotopic (exact) mass is 241 g/mol. The molecule has 0 fully saturated rings. The van der Waals surface area contributed by atoms with Crippen molar-refractivity contribution in [2.24, 2.45) is 10.7 Å². The highest BCUT2D eigenvalue weighted by molar-refractivity contribution is 6.00. The smallest absolute Gasteiger partial charge is 0.224 e. The summed E-state index contributed by atoms with van der Waals surface area (Å²) >= 11 is 0. The summed E-state index contributed by atoms with van der Waals surface area (Å²) in [4.78, 5) is 8.61. The second-order valence-electron chi connectivity index (χ2n) is 3.84. The van der Waals surface area contributed by atoms with Gasteiger partial charge in [0.05, 0.1) is 18.4 Å². The van der Waals surface area contributed by atoms with Crippen molar-refractivity contribution in [2.75, 3.05) is 7.11 Å². The normalized spacial score (nSPS) is 11.3. The minimum Gasteiger partial charge on any atom is -0.480 e. The van der Waals surface area contributed by atoms with E-state index in [0.29, 0.717) is 17.3 Å². The molecule has 1 aromatic heterocycles. The Morgan fingerprint density at radius 3 is 2.56 bits per heavy atom. The van der Waals surface area contributed by atoms with Gasteiger partial charge in [-0.2, -0.15) is 0 Å². The van der Waals surface area contributed by atoms with Crippen LogP contribution in [0.1, 0.15) is 11.3 Å². The van der Waals surface area contributed by atoms with E-state index < -0.39 is 0 Å². The van der Waals surface area contributed by atoms with E-state index in [0.717, 1.165) is 11.4 Å². The number of aliphatic imine (C=N–C) groups is 1. The van der Waals surface area contributed by atoms with Gasteiger partial charge in [-0.25, -0.2) is 9.98 Å². The van der Waals surface area contributed by atoms with Crippen LogP contribution in [0.15, 0.2) is 47.5 Å². The fourth-order valence-electron chi connectivity index (χ4n) is 1.59. The third kappa shape index (κ3) is 2.66. The minimum atomic E-state index is 0.394. The number of nitrogens with two attached hydrogens (primary N) is 1. The Morgan fingerprint density at radius 1 is 1.17 bits per heavy atom. The fraction of sp³-hybridized carbons (Fsp3) is 0.143. The molecule has 0 saturated heterocycles. The van der Waals surface area contributed by atoms with E-state index in [1.807, 2.05) is 49.4 Å². The van der Waals surface area contributed by atoms with Gasteiger partial charge in [-0.1, -0.05) is 18.2 Å². The Balaban J connectivity index is 2.40. The molecule has 2 rings (SSSR count). The zero-order valence-electron chi connectivity index (χ0n) is 10.4. The standard InChI is InChI=1S/C14H15N3O/c1-10-8-9-12(14(16-10)18-2)13(15)17-11-6-4-3-5-7-11/h3-9H,1-2H3,(H2,15,17). The number of hydrogen-bond donors (Lipinski definition) is 1. The molecule has 0 amide bonds. The topological polar surface area (TPSA) is 60.5 Å². The summed E-state index contributed by atoms with van der Waals surface area (Å²) in [6, 6.07) is 13.3. The third-order valence-electron chi connectivity index (χ3n) is 2.47. The molecule has 2 N–H and O–H groups in total. The first-order valence-electron chi connectivity index (χ1n) is 5.62. The van der Waals surface area contributed by atoms with Crippen LogP contribution in [0.4, 0.5) is 5.69 Å². The van der Waals surface area contributed by atoms with Crippen molar-refractivity contribution < 1.29 is 4.74 Å². The molecule has 0 bridgehead atoms. The van der Waals surface area contributed by atoms with Crippen LogP contribution in [-0.2, 0) is 0 Å². The number of methoxy groups -OCH3 is 1. The second-order valence-corrected chi connectivity index (χ2v) is 3.84. The van der Waals surface area contributed by atoms with Crippen LogP contribution in [0.3, 0.4) is 0 Å². The van der Waals surface area contributed by atoms with E-state index >= 15 is 0 Å². The van der Waals surface area contributed by atoms with E-state index in [4.69, 9.17) is 10.5 Å². The van der Waals surface area contributed by atoms with Gasteiger partial charge < -0.3 is 10.5 Å². The maximum absolute atomic E-state index is 5.98. The van der Waals surface area contributed by atoms with Crippen molar-refractivity contribution >= 4 is 11.5 Å². The number of amidine groups is 1. The van der Waals surface area contributed by atoms with Crippen LogP contribution >= 0.6 is 0 Å². The van der Waals surface area contributed by atoms with Gasteiger partial charge in [-0.3, -0.25) is 0 Å². The van der Waals surface area contributed by atoms with Crippen LogP contribution in [0, 0.1) is 6.92 Å². The average molecular weight is 241 g/mol. The predicted octanol–water partition coefficient (Wildman–Crippen LogP) is 2.44. The van der Waals surface area contributed by atoms with Gasteiger partial charge in [-0.05, 0) is 31.2 Å². The molecule has 4 nitrogen and oxygen atoms in total. The number of ether oxygens (including phenoxy) is 1. The van der Waals surface area contributed by atoms with Crippen LogP contribution in [0.5, 0.6) is 5.88 Å². The zero-order valence-corrected chi connectivity index (χ0v) is 10.4. The first-order chi connectivity index (χ1) is 8.70. The van der Waals surface area contributed by atoms with E-state index in [9.17, 15) is 0 Å². The number of aryl methyl sites for hydroxylation is 1. The van der Waals surface area contributed by atoms with E-state index in [-0.39, 0.29) is 0 Å². The molecule has 18 heavy (non-hydrogen) atoms. The first kappa shape index (κ1) is 12.1. The maximum atomic E-state index is 5.98. The first-order valence-corrected chi connectivity index (χ1v) is 5.62. The number of rotatable bonds is 3. The molecule has 2 aromatic rings. The van der Waals surface area contributed by atoms with Crippen molar-refractivity contribution in [3.05, 3.63) is 53.7 Å². The SMILES string of the molecule is COc1nc(C)ccc1C(N)=Nc1ccccc1. The van der Waals surface area contributed by atoms with Crippen molar-refractivity contribution in [3.8, 4) is 5.88 Å². The maximum Gasteiger partial charge on any atom is 0.224 e. The minimum absolute atomic E-state index is 0.394. The molecule has 0 unspecified atom stereocenters. The largest absolute Gasteiger partial charge is 0.480 e. The number of nitrogens with zero attached hydrogens (tertiary/aromatic N) is 2. The van der Waals surface area contributed by atoms with Gasteiger partial charge in [0.1, 0.15) is 5.84 Å². The van der Waals surface area contributed by atoms with Crippen molar-refractivity contribution in [1.29, 1.82) is 0 Å². The van der Waals surface area contributed by atoms with E-state index in [2.05, 4.69) is 9.98 Å². The Kier molecular flexibility index (Phi) is 3.57. The zero-order chi connectivity index (χ0) is 13.0. The van der Waals surface area contributed by atoms with Gasteiger partial charge in [0.15, 0.2) is 0 Å². The molecule has 0 radical (unpaired) electrons. The van der Waals surface area contributed by atoms with Gasteiger partial charge in [0.2, 0.25) is 5.88 Å². The Morgan fingerprint density at radius 2 is 1.89 bits per heavy atom. The third-order valence-corrected chi connectivity index (χ3v) is 2.47. The number of aromatic nitrogens is 1. The highest BCUT2D eigenvalue weighted by Crippen LogP contribution is 2.18. The molecule has 1 aromatic carbocycles. The van der Waals surface area contributed by atoms with Gasteiger partial charge >= 0.3 is 0 Å². The highest BCUT2D eigenvalue weighted by Gasteiger charge is 2.08. The molecule has 0 aliphatic heterocycles. The summed E-state index contributed by atoms with van der Waals surface area (Å²) in [5.41, 5.74) is 8.37. The van der Waals surface area contributed by atoms with Gasteiger partial charge in [0, 0.05) is 5.69 Å². The number of para-hydroxylation sites is 1. The van der Waals surface area contributed by atoms with Gasteiger partial charge in [0.25, 0.3) is 0 Å². The number of benzene rings is 1. The molecule has 0 aliphatic carbocycles. The van der Waals surface area contributed by atoms with Crippen LogP contribution in [0.25, 0.3) is 0 Å². The molecule has 0 atom stereocenters. The summed E-state index contributed by atoms with van der Waals surface area (Å²) < 4.78 is 5.21. The Labute approximate surface area is 106 Å². The quantitative estimate of drug-likeness (QED) is 0.663. The summed E-state index contributed by atoms with van der Waals surface area (Å²) in [5.74, 6) is 0.887. The molecule has 0 saturated carbocycles. The molecule has 1 heterocycles. The summed E-state index contributed by atoms with van der Waals surface area (Å²) in [7, 11) is 1.57. The van der Waals surface area contributed by atoms with Crippen LogP contribution < -0.4 is 10.5 Å². The van der Waals surface area contributed by atoms with Crippen molar-refractivity contribution in [2.45, 2.75) is 6.92 Å². The lowest BCUT2D eigenvalue weighted by Gasteiger charge is -2.07. The average Bonchev–Trinajstić information content (AvgIpc) is 2.39. The number of hydrogen-bond acceptors (Lipinski definition) is 3. The molecular formula is C14H15N3O. The van der Waals surface area contributed by atoms with Crippen molar-refractivity contribution in [3.63, 3.8) is 0 Å². The molecule has 0 aliphatic rings. The lowest BCUT2D eigenvalue weighted by atomic mass is 10.2. The van der Waals surface area contributed by atoms with E-state index in [1.54, 1.807) is 7.11 Å². The van der Waals surface area contributed by atoms with Crippen LogP contribution in [-0.4, -0.2) is 17.9 Å². The van der Waals surface area contributed by atoms with Gasteiger partial charge in [-0.15, -0.1) is 0 Å². The second kappa shape index (κ2) is 5.31. The predicted molar refractivity (Wildman–Crippen MR) is 72.4 cm³/mol. The molecule has 92 valence electrons. The fourth-order valence-corrected chi connectivity index (χ4v) is 1.59. The Hall–Kier alpha value is -2.36. The molecule has 0 spiro atoms. The van der Waals surface area contributed by atoms with Crippen molar-refractivity contribution in [1.82, 2.24) is 4.98 Å². The summed E-state index contributed by atoms with van der Waals surface area (Å²) in [6.45, 7) is 1.90. The summed E-state index contributed by atoms with van der Waals surface area (Å²) in [5, 5.41) is 0.